The molecular formula is C21H26N2S. The van der Waals surface area contributed by atoms with Crippen LogP contribution in [-0.4, -0.2) is 24.0 Å². The summed E-state index contributed by atoms with van der Waals surface area (Å²) in [6, 6.07) is 13.2. The van der Waals surface area contributed by atoms with Crippen molar-refractivity contribution < 1.29 is 0 Å². The van der Waals surface area contributed by atoms with Gasteiger partial charge in [-0.1, -0.05) is 24.3 Å². The Morgan fingerprint density at radius 2 is 1.83 bits per heavy atom. The van der Waals surface area contributed by atoms with E-state index in [1.807, 2.05) is 11.3 Å². The minimum Gasteiger partial charge on any atom is -0.358 e. The summed E-state index contributed by atoms with van der Waals surface area (Å²) < 4.78 is 0. The highest BCUT2D eigenvalue weighted by atomic mass is 32.1. The zero-order valence-corrected chi connectivity index (χ0v) is 15.6. The van der Waals surface area contributed by atoms with Gasteiger partial charge in [-0.25, -0.2) is 0 Å². The number of benzene rings is 1. The number of rotatable bonds is 3. The van der Waals surface area contributed by atoms with Crippen molar-refractivity contribution in [3.63, 3.8) is 0 Å². The molecule has 2 nitrogen and oxygen atoms in total. The van der Waals surface area contributed by atoms with E-state index < -0.39 is 0 Å². The first-order valence-electron chi connectivity index (χ1n) is 8.90. The van der Waals surface area contributed by atoms with Crippen LogP contribution in [0.1, 0.15) is 47.7 Å². The molecule has 0 radical (unpaired) electrons. The van der Waals surface area contributed by atoms with E-state index in [1.165, 1.54) is 52.7 Å². The third-order valence-corrected chi connectivity index (χ3v) is 7.12. The van der Waals surface area contributed by atoms with Gasteiger partial charge in [-0.2, -0.15) is 0 Å². The Morgan fingerprint density at radius 1 is 1.08 bits per heavy atom. The van der Waals surface area contributed by atoms with Crippen molar-refractivity contribution in [2.24, 2.45) is 0 Å². The molecule has 1 fully saturated rings. The minimum absolute atomic E-state index is 0.227. The molecule has 1 saturated carbocycles. The summed E-state index contributed by atoms with van der Waals surface area (Å²) in [6.45, 7) is 2.28. The zero-order valence-electron chi connectivity index (χ0n) is 14.8. The number of aromatic amines is 1. The molecule has 24 heavy (non-hydrogen) atoms. The summed E-state index contributed by atoms with van der Waals surface area (Å²) in [4.78, 5) is 7.69. The Labute approximate surface area is 148 Å². The smallest absolute Gasteiger partial charge is 0.0549 e. The van der Waals surface area contributed by atoms with Crippen molar-refractivity contribution in [3.05, 3.63) is 57.9 Å². The summed E-state index contributed by atoms with van der Waals surface area (Å²) in [5.74, 6) is 0.658. The standard InChI is InChI=1S/C21H26N2S/c1-15-17-7-4-5-8-18(17)22-20(15)16-10-12-21(13-11-16,23(2)3)19-9-6-14-24-19/h4-9,14,16,22H,10-13H2,1-3H3. The van der Waals surface area contributed by atoms with Crippen molar-refractivity contribution in [1.29, 1.82) is 0 Å². The fourth-order valence-electron chi connectivity index (χ4n) is 4.55. The number of hydrogen-bond donors (Lipinski definition) is 1. The summed E-state index contributed by atoms with van der Waals surface area (Å²) in [6.07, 6.45) is 4.98. The average molecular weight is 339 g/mol. The molecule has 0 bridgehead atoms. The molecule has 3 aromatic rings. The number of aryl methyl sites for hydroxylation is 1. The molecule has 126 valence electrons. The lowest BCUT2D eigenvalue weighted by molar-refractivity contribution is 0.0941. The number of para-hydroxylation sites is 1. The van der Waals surface area contributed by atoms with Crippen LogP contribution in [-0.2, 0) is 5.54 Å². The SMILES string of the molecule is Cc1c(C2CCC(c3cccs3)(N(C)C)CC2)[nH]c2ccccc12. The molecule has 1 aromatic carbocycles. The quantitative estimate of drug-likeness (QED) is 0.653. The molecule has 3 heteroatoms. The largest absolute Gasteiger partial charge is 0.358 e. The third kappa shape index (κ3) is 2.42. The fourth-order valence-corrected chi connectivity index (χ4v) is 5.62. The fraction of sp³-hybridized carbons (Fsp3) is 0.429. The molecule has 2 aromatic heterocycles. The van der Waals surface area contributed by atoms with E-state index in [0.717, 1.165) is 0 Å². The number of hydrogen-bond acceptors (Lipinski definition) is 2. The highest BCUT2D eigenvalue weighted by Crippen LogP contribution is 2.48. The van der Waals surface area contributed by atoms with Crippen molar-refractivity contribution >= 4 is 22.2 Å². The molecule has 0 unspecified atom stereocenters. The van der Waals surface area contributed by atoms with Crippen LogP contribution in [0.2, 0.25) is 0 Å². The third-order valence-electron chi connectivity index (χ3n) is 6.06. The van der Waals surface area contributed by atoms with Gasteiger partial charge in [0.15, 0.2) is 0 Å². The molecule has 0 spiro atoms. The maximum Gasteiger partial charge on any atom is 0.0549 e. The number of nitrogens with zero attached hydrogens (tertiary/aromatic N) is 1. The van der Waals surface area contributed by atoms with Gasteiger partial charge in [-0.05, 0) is 75.7 Å². The van der Waals surface area contributed by atoms with Crippen molar-refractivity contribution in [3.8, 4) is 0 Å². The Balaban J connectivity index is 1.62. The van der Waals surface area contributed by atoms with Gasteiger partial charge in [0.05, 0.1) is 5.54 Å². The average Bonchev–Trinajstić information content (AvgIpc) is 3.24. The maximum atomic E-state index is 3.71. The predicted octanol–water partition coefficient (Wildman–Crippen LogP) is 5.65. The van der Waals surface area contributed by atoms with Gasteiger partial charge in [0.25, 0.3) is 0 Å². The highest BCUT2D eigenvalue weighted by molar-refractivity contribution is 7.10. The Morgan fingerprint density at radius 3 is 2.46 bits per heavy atom. The molecule has 0 saturated heterocycles. The lowest BCUT2D eigenvalue weighted by atomic mass is 9.73. The summed E-state index contributed by atoms with van der Waals surface area (Å²) in [5, 5.41) is 3.60. The van der Waals surface area contributed by atoms with Crippen LogP contribution < -0.4 is 0 Å². The van der Waals surface area contributed by atoms with Crippen LogP contribution in [0.25, 0.3) is 10.9 Å². The van der Waals surface area contributed by atoms with E-state index in [0.29, 0.717) is 5.92 Å². The van der Waals surface area contributed by atoms with Gasteiger partial charge < -0.3 is 4.98 Å². The van der Waals surface area contributed by atoms with Crippen LogP contribution in [0.15, 0.2) is 41.8 Å². The molecule has 1 aliphatic carbocycles. The summed E-state index contributed by atoms with van der Waals surface area (Å²) in [7, 11) is 4.49. The summed E-state index contributed by atoms with van der Waals surface area (Å²) in [5.41, 5.74) is 4.43. The van der Waals surface area contributed by atoms with Crippen LogP contribution >= 0.6 is 11.3 Å². The molecule has 0 atom stereocenters. The molecular weight excluding hydrogens is 312 g/mol. The van der Waals surface area contributed by atoms with E-state index in [-0.39, 0.29) is 5.54 Å². The van der Waals surface area contributed by atoms with Gasteiger partial charge in [-0.15, -0.1) is 11.3 Å². The lowest BCUT2D eigenvalue weighted by Gasteiger charge is -2.44. The van der Waals surface area contributed by atoms with E-state index >= 15 is 0 Å². The minimum atomic E-state index is 0.227. The molecule has 4 rings (SSSR count). The zero-order chi connectivity index (χ0) is 16.7. The first kappa shape index (κ1) is 15.9. The Bertz CT molecular complexity index is 821. The number of H-pyrrole nitrogens is 1. The summed E-state index contributed by atoms with van der Waals surface area (Å²) >= 11 is 1.91. The van der Waals surface area contributed by atoms with Crippen molar-refractivity contribution in [2.45, 2.75) is 44.1 Å². The Hall–Kier alpha value is -1.58. The molecule has 2 heterocycles. The second kappa shape index (κ2) is 6.05. The number of thiophene rings is 1. The van der Waals surface area contributed by atoms with E-state index in [9.17, 15) is 0 Å². The molecule has 1 N–H and O–H groups in total. The van der Waals surface area contributed by atoms with Gasteiger partial charge >= 0.3 is 0 Å². The monoisotopic (exact) mass is 338 g/mol. The highest BCUT2D eigenvalue weighted by Gasteiger charge is 2.40. The van der Waals surface area contributed by atoms with E-state index in [4.69, 9.17) is 0 Å². The van der Waals surface area contributed by atoms with E-state index in [1.54, 1.807) is 0 Å². The van der Waals surface area contributed by atoms with E-state index in [2.05, 4.69) is 72.7 Å². The van der Waals surface area contributed by atoms with Crippen LogP contribution in [0.3, 0.4) is 0 Å². The molecule has 0 amide bonds. The van der Waals surface area contributed by atoms with Gasteiger partial charge in [0.1, 0.15) is 0 Å². The topological polar surface area (TPSA) is 19.0 Å². The predicted molar refractivity (Wildman–Crippen MR) is 104 cm³/mol. The van der Waals surface area contributed by atoms with Crippen LogP contribution in [0, 0.1) is 6.92 Å². The van der Waals surface area contributed by atoms with Gasteiger partial charge in [-0.3, -0.25) is 4.90 Å². The van der Waals surface area contributed by atoms with Crippen molar-refractivity contribution in [2.75, 3.05) is 14.1 Å². The first-order valence-corrected chi connectivity index (χ1v) is 9.78. The second-order valence-electron chi connectivity index (χ2n) is 7.39. The number of nitrogens with one attached hydrogen (secondary N) is 1. The number of fused-ring (bicyclic) bond motifs is 1. The van der Waals surface area contributed by atoms with Crippen molar-refractivity contribution in [1.82, 2.24) is 9.88 Å². The lowest BCUT2D eigenvalue weighted by Crippen LogP contribution is -2.43. The number of aromatic nitrogens is 1. The second-order valence-corrected chi connectivity index (χ2v) is 8.33. The van der Waals surface area contributed by atoms with Gasteiger partial charge in [0, 0.05) is 21.5 Å². The van der Waals surface area contributed by atoms with Gasteiger partial charge in [0.2, 0.25) is 0 Å². The first-order chi connectivity index (χ1) is 11.6. The van der Waals surface area contributed by atoms with Crippen LogP contribution in [0.4, 0.5) is 0 Å². The molecule has 0 aliphatic heterocycles. The van der Waals surface area contributed by atoms with Crippen LogP contribution in [0.5, 0.6) is 0 Å². The Kier molecular flexibility index (Phi) is 4.01. The molecule has 1 aliphatic rings. The normalized spacial score (nSPS) is 24.8. The maximum absolute atomic E-state index is 3.71.